The van der Waals surface area contributed by atoms with Crippen molar-refractivity contribution in [1.29, 1.82) is 0 Å². The Morgan fingerprint density at radius 3 is 0.615 bits per heavy atom. The van der Waals surface area contributed by atoms with E-state index in [-0.39, 0.29) is 0 Å². The van der Waals surface area contributed by atoms with Crippen molar-refractivity contribution in [3.05, 3.63) is 352 Å². The van der Waals surface area contributed by atoms with Crippen LogP contribution in [-0.2, 0) is 0 Å². The van der Waals surface area contributed by atoms with E-state index in [1.807, 2.05) is 48.5 Å². The number of anilines is 20. The highest BCUT2D eigenvalue weighted by atomic mass is 16.5. The van der Waals surface area contributed by atoms with E-state index in [0.717, 1.165) is 124 Å². The highest BCUT2D eigenvalue weighted by molar-refractivity contribution is 6.21. The van der Waals surface area contributed by atoms with Crippen molar-refractivity contribution in [1.82, 2.24) is 0 Å². The smallest absolute Gasteiger partial charge is 0.153 e. The topological polar surface area (TPSA) is 89.9 Å². The van der Waals surface area contributed by atoms with E-state index in [2.05, 4.69) is 333 Å². The fourth-order valence-electron chi connectivity index (χ4n) is 13.6. The van der Waals surface area contributed by atoms with Crippen LogP contribution in [0.25, 0.3) is 21.5 Å². The Labute approximate surface area is 557 Å². The molecule has 2 heterocycles. The van der Waals surface area contributed by atoms with Crippen LogP contribution in [0.15, 0.2) is 352 Å². The van der Waals surface area contributed by atoms with Crippen LogP contribution in [0.2, 0.25) is 0 Å². The number of nitrogens with two attached hydrogens (primary N) is 2. The summed E-state index contributed by atoms with van der Waals surface area (Å²) >= 11 is 0. The molecule has 0 unspecified atom stereocenters. The molecule has 0 saturated carbocycles. The van der Waals surface area contributed by atoms with E-state index >= 15 is 0 Å². The van der Waals surface area contributed by atoms with Gasteiger partial charge in [-0.05, 0) is 181 Å². The van der Waals surface area contributed by atoms with Gasteiger partial charge in [0.2, 0.25) is 0 Å². The molecular weight excluding hydrogens is 1180 g/mol. The lowest BCUT2D eigenvalue weighted by Gasteiger charge is -2.36. The molecule has 0 amide bonds. The Hall–Kier alpha value is -13.2. The second-order valence-corrected chi connectivity index (χ2v) is 23.8. The van der Waals surface area contributed by atoms with Crippen LogP contribution in [0.4, 0.5) is 114 Å². The first-order valence-corrected chi connectivity index (χ1v) is 32.1. The minimum absolute atomic E-state index is 0.486. The van der Waals surface area contributed by atoms with Gasteiger partial charge >= 0.3 is 0 Å². The average Bonchev–Trinajstić information content (AvgIpc) is 0.739. The summed E-state index contributed by atoms with van der Waals surface area (Å²) in [4.78, 5) is 13.6. The highest BCUT2D eigenvalue weighted by Gasteiger charge is 2.32. The quantitative estimate of drug-likeness (QED) is 0.0623. The first kappa shape index (κ1) is 56.8. The summed E-state index contributed by atoms with van der Waals surface area (Å²) in [6, 6.07) is 122. The second-order valence-electron chi connectivity index (χ2n) is 23.8. The predicted molar refractivity (Wildman–Crippen MR) is 399 cm³/mol. The maximum atomic E-state index is 7.44. The number of benzene rings is 15. The maximum Gasteiger partial charge on any atom is 0.153 e. The molecule has 4 N–H and O–H groups in total. The standard InChI is InChI=1S/C86H62N8O2/c87-85-75-53-67(93-77-49-43-69(89(59-25-9-1-10-26-59)60-27-11-2-12-28-60)55-81(77)95-82-56-70(44-50-78(82)93)90(61-29-13-3-14-30-61)62-31-15-4-16-32-62)41-47-73(75)74-48-42-68(54-76(74)86(85)88)94-79-51-45-71(91(63-33-17-5-18-34-63)64-35-19-6-20-36-64)57-83(79)96-84-58-72(46-52-80(84)94)92(65-37-21-7-22-38-65)66-39-23-8-24-40-66/h1-58H,87-88H2. The van der Waals surface area contributed by atoms with Gasteiger partial charge in [-0.25, -0.2) is 0 Å². The highest BCUT2D eigenvalue weighted by Crippen LogP contribution is 2.57. The summed E-state index contributed by atoms with van der Waals surface area (Å²) in [6.07, 6.45) is 0. The van der Waals surface area contributed by atoms with Gasteiger partial charge in [-0.1, -0.05) is 158 Å². The van der Waals surface area contributed by atoms with Crippen LogP contribution >= 0.6 is 0 Å². The Kier molecular flexibility index (Phi) is 14.3. The number of nitrogen functional groups attached to an aromatic ring is 2. The van der Waals surface area contributed by atoms with Gasteiger partial charge in [-0.3, -0.25) is 0 Å². The fraction of sp³-hybridized carbons (Fsp3) is 0. The summed E-state index contributed by atoms with van der Waals surface area (Å²) in [5.74, 6) is 2.75. The van der Waals surface area contributed by atoms with Gasteiger partial charge in [0, 0.05) is 115 Å². The summed E-state index contributed by atoms with van der Waals surface area (Å²) < 4.78 is 14.4. The van der Waals surface area contributed by atoms with E-state index in [9.17, 15) is 0 Å². The van der Waals surface area contributed by atoms with Crippen molar-refractivity contribution in [2.45, 2.75) is 0 Å². The molecule has 0 spiro atoms. The zero-order valence-corrected chi connectivity index (χ0v) is 52.1. The molecule has 0 bridgehead atoms. The Morgan fingerprint density at radius 2 is 0.406 bits per heavy atom. The van der Waals surface area contributed by atoms with Gasteiger partial charge in [0.25, 0.3) is 0 Å². The van der Waals surface area contributed by atoms with Crippen LogP contribution in [0, 0.1) is 0 Å². The minimum atomic E-state index is 0.486. The van der Waals surface area contributed by atoms with Gasteiger partial charge < -0.3 is 50.3 Å². The van der Waals surface area contributed by atoms with Crippen molar-refractivity contribution >= 4 is 135 Å². The first-order valence-electron chi connectivity index (χ1n) is 32.1. The van der Waals surface area contributed by atoms with Gasteiger partial charge in [0.1, 0.15) is 0 Å². The monoisotopic (exact) mass is 1240 g/mol. The van der Waals surface area contributed by atoms with E-state index in [4.69, 9.17) is 20.9 Å². The van der Waals surface area contributed by atoms with Crippen molar-refractivity contribution in [2.75, 3.05) is 40.9 Å². The third-order valence-corrected chi connectivity index (χ3v) is 18.0. The fourth-order valence-corrected chi connectivity index (χ4v) is 13.6. The van der Waals surface area contributed by atoms with Crippen molar-refractivity contribution in [3.8, 4) is 23.0 Å². The Morgan fingerprint density at radius 1 is 0.198 bits per heavy atom. The number of fused-ring (bicyclic) bond motifs is 7. The molecule has 0 atom stereocenters. The van der Waals surface area contributed by atoms with E-state index in [1.165, 1.54) is 0 Å². The minimum Gasteiger partial charge on any atom is -0.453 e. The molecule has 0 aromatic heterocycles. The third-order valence-electron chi connectivity index (χ3n) is 18.0. The van der Waals surface area contributed by atoms with Crippen LogP contribution < -0.4 is 50.3 Å². The third kappa shape index (κ3) is 10.2. The van der Waals surface area contributed by atoms with E-state index in [1.54, 1.807) is 0 Å². The summed E-state index contributed by atoms with van der Waals surface area (Å²) in [5.41, 5.74) is 33.0. The van der Waals surface area contributed by atoms with Crippen LogP contribution in [0.1, 0.15) is 0 Å². The van der Waals surface area contributed by atoms with E-state index < -0.39 is 0 Å². The van der Waals surface area contributed by atoms with Gasteiger partial charge in [0.05, 0.1) is 34.1 Å². The molecule has 10 nitrogen and oxygen atoms in total. The number of para-hydroxylation sites is 8. The lowest BCUT2D eigenvalue weighted by Crippen LogP contribution is -2.18. The van der Waals surface area contributed by atoms with Crippen LogP contribution in [-0.4, -0.2) is 0 Å². The Bertz CT molecular complexity index is 4590. The van der Waals surface area contributed by atoms with Gasteiger partial charge in [-0.15, -0.1) is 0 Å². The summed E-state index contributed by atoms with van der Waals surface area (Å²) in [6.45, 7) is 0. The molecule has 96 heavy (non-hydrogen) atoms. The first-order chi connectivity index (χ1) is 47.5. The molecule has 15 aromatic rings. The van der Waals surface area contributed by atoms with Crippen molar-refractivity contribution in [3.63, 3.8) is 0 Å². The lowest BCUT2D eigenvalue weighted by atomic mass is 9.96. The molecule has 17 rings (SSSR count). The number of hydrogen-bond acceptors (Lipinski definition) is 10. The molecule has 2 aliphatic heterocycles. The predicted octanol–water partition coefficient (Wildman–Crippen LogP) is 24.2. The largest absolute Gasteiger partial charge is 0.453 e. The summed E-state index contributed by atoms with van der Waals surface area (Å²) in [7, 11) is 0. The molecule has 10 heteroatoms. The van der Waals surface area contributed by atoms with Crippen LogP contribution in [0.3, 0.4) is 0 Å². The molecule has 458 valence electrons. The van der Waals surface area contributed by atoms with Crippen LogP contribution in [0.5, 0.6) is 23.0 Å². The number of rotatable bonds is 14. The molecule has 0 aliphatic carbocycles. The Balaban J connectivity index is 0.802. The van der Waals surface area contributed by atoms with Gasteiger partial charge in [-0.2, -0.15) is 0 Å². The SMILES string of the molecule is Nc1c(N)c2cc(N3c4ccc(N(c5ccccc5)c5ccccc5)cc4Oc4cc(N(c5ccccc5)c5ccccc5)ccc43)ccc2c2ccc(N3c4ccc(N(c5ccccc5)c5ccccc5)cc4Oc4cc(N(c5ccccc5)c5ccccc5)ccc43)cc12. The summed E-state index contributed by atoms with van der Waals surface area (Å²) in [5, 5.41) is 3.60. The molecular formula is C86H62N8O2. The van der Waals surface area contributed by atoms with Crippen molar-refractivity contribution in [2.24, 2.45) is 0 Å². The zero-order chi connectivity index (χ0) is 64.1. The number of hydrogen-bond donors (Lipinski definition) is 2. The average molecular weight is 1240 g/mol. The zero-order valence-electron chi connectivity index (χ0n) is 52.1. The molecule has 0 saturated heterocycles. The van der Waals surface area contributed by atoms with Gasteiger partial charge in [0.15, 0.2) is 23.0 Å². The van der Waals surface area contributed by atoms with E-state index in [0.29, 0.717) is 34.4 Å². The molecule has 0 radical (unpaired) electrons. The normalized spacial score (nSPS) is 12.0. The number of ether oxygens (including phenoxy) is 2. The lowest BCUT2D eigenvalue weighted by molar-refractivity contribution is 0.477. The molecule has 2 aliphatic rings. The maximum absolute atomic E-state index is 7.44. The second kappa shape index (κ2) is 24.1. The van der Waals surface area contributed by atoms with Crippen molar-refractivity contribution < 1.29 is 9.47 Å². The molecule has 15 aromatic carbocycles. The molecule has 0 fully saturated rings. The number of nitrogens with zero attached hydrogens (tertiary/aromatic N) is 6.